The predicted octanol–water partition coefficient (Wildman–Crippen LogP) is 5.70. The minimum Gasteiger partial charge on any atom is -0.493 e. The minimum atomic E-state index is -0.849. The summed E-state index contributed by atoms with van der Waals surface area (Å²) in [6, 6.07) is 3.44. The summed E-state index contributed by atoms with van der Waals surface area (Å²) in [5.41, 5.74) is 1.79. The van der Waals surface area contributed by atoms with Gasteiger partial charge in [-0.3, -0.25) is 14.5 Å². The lowest BCUT2D eigenvalue weighted by Gasteiger charge is -2.34. The minimum absolute atomic E-state index is 0.0787. The molecule has 8 nitrogen and oxygen atoms in total. The number of carboxylic acid groups (broad SMARTS) is 1. The van der Waals surface area contributed by atoms with Crippen molar-refractivity contribution in [3.8, 4) is 17.2 Å². The third-order valence-electron chi connectivity index (χ3n) is 7.81. The van der Waals surface area contributed by atoms with E-state index < -0.39 is 11.9 Å². The quantitative estimate of drug-likeness (QED) is 0.300. The Labute approximate surface area is 234 Å². The number of methoxy groups -OCH3 is 1. The van der Waals surface area contributed by atoms with Crippen LogP contribution in [0.15, 0.2) is 23.8 Å². The lowest BCUT2D eigenvalue weighted by atomic mass is 9.77. The van der Waals surface area contributed by atoms with Crippen LogP contribution in [0.2, 0.25) is 0 Å². The van der Waals surface area contributed by atoms with Crippen LogP contribution in [0.1, 0.15) is 85.1 Å². The van der Waals surface area contributed by atoms with E-state index in [2.05, 4.69) is 52.5 Å². The van der Waals surface area contributed by atoms with E-state index in [4.69, 9.17) is 14.2 Å². The van der Waals surface area contributed by atoms with Crippen LogP contribution in [0, 0.1) is 11.3 Å². The van der Waals surface area contributed by atoms with Gasteiger partial charge in [-0.05, 0) is 56.2 Å². The molecule has 1 aromatic rings. The van der Waals surface area contributed by atoms with E-state index in [9.17, 15) is 14.7 Å². The van der Waals surface area contributed by atoms with Gasteiger partial charge in [0.15, 0.2) is 11.5 Å². The lowest BCUT2D eigenvalue weighted by Crippen LogP contribution is -2.45. The number of likely N-dealkylation sites (tertiary alicyclic amines) is 1. The van der Waals surface area contributed by atoms with E-state index in [1.165, 1.54) is 5.57 Å². The number of carbonyl (C=O) groups excluding carboxylic acids is 1. The summed E-state index contributed by atoms with van der Waals surface area (Å²) < 4.78 is 16.8. The highest BCUT2D eigenvalue weighted by molar-refractivity contribution is 5.79. The van der Waals surface area contributed by atoms with Crippen LogP contribution < -0.4 is 14.2 Å². The van der Waals surface area contributed by atoms with Crippen molar-refractivity contribution in [3.63, 3.8) is 0 Å². The number of hydrogen-bond acceptors (Lipinski definition) is 6. The Morgan fingerprint density at radius 2 is 1.82 bits per heavy atom. The van der Waals surface area contributed by atoms with Gasteiger partial charge in [-0.1, -0.05) is 52.2 Å². The Morgan fingerprint density at radius 1 is 1.15 bits per heavy atom. The fourth-order valence-corrected chi connectivity index (χ4v) is 6.16. The second-order valence-electron chi connectivity index (χ2n) is 11.9. The summed E-state index contributed by atoms with van der Waals surface area (Å²) in [4.78, 5) is 30.6. The molecule has 0 aromatic heterocycles. The van der Waals surface area contributed by atoms with Gasteiger partial charge in [0.25, 0.3) is 0 Å². The zero-order valence-electron chi connectivity index (χ0n) is 24.9. The average molecular weight is 545 g/mol. The van der Waals surface area contributed by atoms with E-state index in [1.54, 1.807) is 7.11 Å². The molecule has 1 aromatic carbocycles. The summed E-state index contributed by atoms with van der Waals surface area (Å²) in [6.07, 6.45) is 6.80. The van der Waals surface area contributed by atoms with Crippen molar-refractivity contribution in [2.75, 3.05) is 40.1 Å². The highest BCUT2D eigenvalue weighted by Gasteiger charge is 2.49. The van der Waals surface area contributed by atoms with Crippen molar-refractivity contribution in [2.24, 2.45) is 11.3 Å². The van der Waals surface area contributed by atoms with Crippen LogP contribution in [0.5, 0.6) is 17.2 Å². The number of amides is 1. The van der Waals surface area contributed by atoms with Crippen molar-refractivity contribution in [2.45, 2.75) is 85.6 Å². The van der Waals surface area contributed by atoms with Crippen molar-refractivity contribution >= 4 is 11.9 Å². The molecule has 3 rings (SSSR count). The number of benzene rings is 1. The van der Waals surface area contributed by atoms with Crippen molar-refractivity contribution < 1.29 is 28.9 Å². The lowest BCUT2D eigenvalue weighted by molar-refractivity contribution is -0.144. The van der Waals surface area contributed by atoms with E-state index in [-0.39, 0.29) is 36.6 Å². The summed E-state index contributed by atoms with van der Waals surface area (Å²) in [7, 11) is 1.57. The zero-order chi connectivity index (χ0) is 28.7. The first kappa shape index (κ1) is 30.8. The molecule has 2 aliphatic heterocycles. The second-order valence-corrected chi connectivity index (χ2v) is 11.9. The van der Waals surface area contributed by atoms with Gasteiger partial charge in [0.1, 0.15) is 0 Å². The molecule has 0 saturated carbocycles. The molecule has 1 saturated heterocycles. The molecule has 0 unspecified atom stereocenters. The fraction of sp³-hybridized carbons (Fsp3) is 0.677. The summed E-state index contributed by atoms with van der Waals surface area (Å²) >= 11 is 0. The Bertz CT molecular complexity index is 1020. The standard InChI is InChI=1S/C31H48N2O6/c1-8-10-12-32(13-11-9-2)27(34)19-33-18-23(22-14-25(37-7)29-26(15-22)38-20-39-29)28(30(35)36)24(33)17-31(5,6)16-21(3)4/h14-16,23-24,28H,8-13,17-20H2,1-7H3,(H,35,36)/t23-,24+,28-/m1/s1. The molecule has 0 radical (unpaired) electrons. The topological polar surface area (TPSA) is 88.5 Å². The molecule has 3 atom stereocenters. The van der Waals surface area contributed by atoms with Gasteiger partial charge in [-0.15, -0.1) is 0 Å². The molecule has 8 heteroatoms. The maximum Gasteiger partial charge on any atom is 0.308 e. The van der Waals surface area contributed by atoms with E-state index in [0.29, 0.717) is 30.2 Å². The Morgan fingerprint density at radius 3 is 2.38 bits per heavy atom. The van der Waals surface area contributed by atoms with E-state index in [0.717, 1.165) is 44.3 Å². The number of unbranched alkanes of at least 4 members (excludes halogenated alkanes) is 2. The summed E-state index contributed by atoms with van der Waals surface area (Å²) in [5, 5.41) is 10.6. The number of rotatable bonds is 14. The third kappa shape index (κ3) is 7.68. The SMILES string of the molecule is CCCCN(CCCC)C(=O)CN1C[C@H](c2cc(OC)c3c(c2)OCO3)[C@@H](C(=O)O)[C@@H]1CC(C)(C)C=C(C)C. The van der Waals surface area contributed by atoms with Crippen molar-refractivity contribution in [1.29, 1.82) is 0 Å². The van der Waals surface area contributed by atoms with Gasteiger partial charge in [0.2, 0.25) is 18.4 Å². The maximum atomic E-state index is 13.6. The normalized spacial score (nSPS) is 20.6. The smallest absolute Gasteiger partial charge is 0.308 e. The predicted molar refractivity (Wildman–Crippen MR) is 153 cm³/mol. The Hall–Kier alpha value is -2.74. The van der Waals surface area contributed by atoms with Crippen LogP contribution in [0.25, 0.3) is 0 Å². The first-order chi connectivity index (χ1) is 18.5. The molecule has 0 spiro atoms. The van der Waals surface area contributed by atoms with Gasteiger partial charge in [0.05, 0.1) is 19.6 Å². The number of hydrogen-bond donors (Lipinski definition) is 1. The van der Waals surface area contributed by atoms with Gasteiger partial charge >= 0.3 is 5.97 Å². The average Bonchev–Trinajstić information content (AvgIpc) is 3.47. The van der Waals surface area contributed by atoms with E-state index >= 15 is 0 Å². The summed E-state index contributed by atoms with van der Waals surface area (Å²) in [6.45, 7) is 14.9. The van der Waals surface area contributed by atoms with Crippen molar-refractivity contribution in [3.05, 3.63) is 29.3 Å². The van der Waals surface area contributed by atoms with Crippen LogP contribution in [-0.4, -0.2) is 72.9 Å². The number of fused-ring (bicyclic) bond motifs is 1. The Kier molecular flexibility index (Phi) is 10.7. The van der Waals surface area contributed by atoms with Gasteiger partial charge in [0, 0.05) is 31.6 Å². The molecule has 1 fully saturated rings. The molecule has 0 aliphatic carbocycles. The third-order valence-corrected chi connectivity index (χ3v) is 7.81. The number of ether oxygens (including phenoxy) is 3. The van der Waals surface area contributed by atoms with Crippen LogP contribution in [0.3, 0.4) is 0 Å². The van der Waals surface area contributed by atoms with Gasteiger partial charge in [-0.25, -0.2) is 0 Å². The zero-order valence-corrected chi connectivity index (χ0v) is 24.9. The van der Waals surface area contributed by atoms with Crippen LogP contribution >= 0.6 is 0 Å². The summed E-state index contributed by atoms with van der Waals surface area (Å²) in [5.74, 6) is -0.145. The van der Waals surface area contributed by atoms with Crippen LogP contribution in [-0.2, 0) is 9.59 Å². The number of carboxylic acids is 1. The molecular weight excluding hydrogens is 496 g/mol. The monoisotopic (exact) mass is 544 g/mol. The molecule has 2 heterocycles. The molecular formula is C31H48N2O6. The van der Waals surface area contributed by atoms with Crippen LogP contribution in [0.4, 0.5) is 0 Å². The van der Waals surface area contributed by atoms with E-state index in [1.807, 2.05) is 17.0 Å². The number of nitrogens with zero attached hydrogens (tertiary/aromatic N) is 2. The number of allylic oxidation sites excluding steroid dienone is 2. The second kappa shape index (κ2) is 13.6. The number of aliphatic carboxylic acids is 1. The van der Waals surface area contributed by atoms with Gasteiger partial charge in [-0.2, -0.15) is 0 Å². The molecule has 1 N–H and O–H groups in total. The Balaban J connectivity index is 1.99. The fourth-order valence-electron chi connectivity index (χ4n) is 6.16. The highest BCUT2D eigenvalue weighted by Crippen LogP contribution is 2.48. The first-order valence-corrected chi connectivity index (χ1v) is 14.4. The van der Waals surface area contributed by atoms with Crippen molar-refractivity contribution in [1.82, 2.24) is 9.80 Å². The molecule has 0 bridgehead atoms. The molecule has 218 valence electrons. The highest BCUT2D eigenvalue weighted by atomic mass is 16.7. The molecule has 2 aliphatic rings. The first-order valence-electron chi connectivity index (χ1n) is 14.4. The number of carbonyl (C=O) groups is 2. The van der Waals surface area contributed by atoms with Gasteiger partial charge < -0.3 is 24.2 Å². The largest absolute Gasteiger partial charge is 0.493 e. The molecule has 39 heavy (non-hydrogen) atoms. The maximum absolute atomic E-state index is 13.6. The molecule has 1 amide bonds.